The van der Waals surface area contributed by atoms with Gasteiger partial charge in [-0.3, -0.25) is 9.69 Å². The van der Waals surface area contributed by atoms with Gasteiger partial charge in [-0.25, -0.2) is 0 Å². The summed E-state index contributed by atoms with van der Waals surface area (Å²) in [6, 6.07) is 13.7. The Bertz CT molecular complexity index is 1050. The van der Waals surface area contributed by atoms with Crippen molar-refractivity contribution in [1.29, 1.82) is 5.26 Å². The van der Waals surface area contributed by atoms with Crippen LogP contribution < -0.4 is 15.4 Å². The number of benzene rings is 1. The van der Waals surface area contributed by atoms with E-state index >= 15 is 0 Å². The van der Waals surface area contributed by atoms with Crippen LogP contribution in [-0.2, 0) is 4.79 Å². The minimum Gasteiger partial charge on any atom is -0.497 e. The Labute approximate surface area is 175 Å². The van der Waals surface area contributed by atoms with Gasteiger partial charge in [-0.2, -0.15) is 5.26 Å². The van der Waals surface area contributed by atoms with Gasteiger partial charge in [0.2, 0.25) is 0 Å². The Morgan fingerprint density at radius 3 is 2.61 bits per heavy atom. The SMILES string of the molecule is COc1ccc(N2C(N)=C(C#N)[C@@H](c3ccc(Br)s3)C3=C2CCCC3=O)cc1. The van der Waals surface area contributed by atoms with Crippen LogP contribution >= 0.6 is 27.3 Å². The summed E-state index contributed by atoms with van der Waals surface area (Å²) in [6.45, 7) is 0. The van der Waals surface area contributed by atoms with Gasteiger partial charge in [0.25, 0.3) is 0 Å². The van der Waals surface area contributed by atoms with Crippen LogP contribution in [0.3, 0.4) is 0 Å². The number of Topliss-reactive ketones (excluding diaryl/α,β-unsaturated/α-hetero) is 1. The number of carbonyl (C=O) groups is 1. The second-order valence-corrected chi connectivity index (χ2v) is 9.15. The average molecular weight is 456 g/mol. The van der Waals surface area contributed by atoms with Crippen molar-refractivity contribution in [1.82, 2.24) is 0 Å². The number of ether oxygens (including phenoxy) is 1. The molecule has 1 aromatic carbocycles. The molecule has 2 aliphatic rings. The minimum atomic E-state index is -0.404. The number of carbonyl (C=O) groups excluding carboxylic acids is 1. The summed E-state index contributed by atoms with van der Waals surface area (Å²) < 4.78 is 6.20. The third-order valence-corrected chi connectivity index (χ3v) is 6.81. The zero-order valence-electron chi connectivity index (χ0n) is 15.2. The molecule has 0 spiro atoms. The van der Waals surface area contributed by atoms with E-state index in [-0.39, 0.29) is 5.78 Å². The number of nitrogens with two attached hydrogens (primary N) is 1. The maximum absolute atomic E-state index is 13.0. The molecule has 142 valence electrons. The number of nitrogens with zero attached hydrogens (tertiary/aromatic N) is 2. The predicted octanol–water partition coefficient (Wildman–Crippen LogP) is 4.82. The smallest absolute Gasteiger partial charge is 0.161 e. The Kier molecular flexibility index (Phi) is 5.00. The molecular formula is C21H18BrN3O2S. The number of hydrogen-bond donors (Lipinski definition) is 1. The van der Waals surface area contributed by atoms with E-state index in [9.17, 15) is 10.1 Å². The molecule has 2 heterocycles. The van der Waals surface area contributed by atoms with Crippen molar-refractivity contribution in [3.05, 3.63) is 67.7 Å². The van der Waals surface area contributed by atoms with E-state index in [0.29, 0.717) is 23.4 Å². The van der Waals surface area contributed by atoms with Crippen molar-refractivity contribution in [3.8, 4) is 11.8 Å². The standard InChI is InChI=1S/C21H18BrN3O2S/c1-27-13-7-5-12(6-8-13)25-15-3-2-4-16(26)20(15)19(14(11-23)21(25)24)17-9-10-18(22)28-17/h5-10,19H,2-4,24H2,1H3/t19-/m0/s1. The highest BCUT2D eigenvalue weighted by Crippen LogP contribution is 2.48. The zero-order chi connectivity index (χ0) is 19.8. The van der Waals surface area contributed by atoms with Crippen LogP contribution in [0.1, 0.15) is 30.1 Å². The molecule has 1 atom stereocenters. The second-order valence-electron chi connectivity index (χ2n) is 6.66. The van der Waals surface area contributed by atoms with Gasteiger partial charge < -0.3 is 10.5 Å². The average Bonchev–Trinajstić information content (AvgIpc) is 3.13. The van der Waals surface area contributed by atoms with Gasteiger partial charge in [0.1, 0.15) is 11.6 Å². The molecule has 28 heavy (non-hydrogen) atoms. The number of rotatable bonds is 3. The fourth-order valence-corrected chi connectivity index (χ4v) is 5.42. The highest BCUT2D eigenvalue weighted by Gasteiger charge is 2.40. The van der Waals surface area contributed by atoms with E-state index in [1.54, 1.807) is 7.11 Å². The van der Waals surface area contributed by atoms with E-state index in [0.717, 1.165) is 38.6 Å². The van der Waals surface area contributed by atoms with Gasteiger partial charge in [-0.15, -0.1) is 11.3 Å². The van der Waals surface area contributed by atoms with E-state index in [1.165, 1.54) is 11.3 Å². The van der Waals surface area contributed by atoms with E-state index in [2.05, 4.69) is 22.0 Å². The van der Waals surface area contributed by atoms with Crippen LogP contribution in [0.25, 0.3) is 0 Å². The lowest BCUT2D eigenvalue weighted by atomic mass is 9.78. The summed E-state index contributed by atoms with van der Waals surface area (Å²) >= 11 is 5.02. The largest absolute Gasteiger partial charge is 0.497 e. The second kappa shape index (κ2) is 7.46. The first-order chi connectivity index (χ1) is 13.5. The lowest BCUT2D eigenvalue weighted by Crippen LogP contribution is -2.38. The molecule has 2 aromatic rings. The molecule has 7 heteroatoms. The highest BCUT2D eigenvalue weighted by atomic mass is 79.9. The van der Waals surface area contributed by atoms with Crippen molar-refractivity contribution in [3.63, 3.8) is 0 Å². The molecule has 0 amide bonds. The van der Waals surface area contributed by atoms with Crippen LogP contribution in [0, 0.1) is 11.3 Å². The van der Waals surface area contributed by atoms with Gasteiger partial charge in [0, 0.05) is 28.3 Å². The maximum atomic E-state index is 13.0. The normalized spacial score (nSPS) is 19.5. The summed E-state index contributed by atoms with van der Waals surface area (Å²) in [5, 5.41) is 9.95. The van der Waals surface area contributed by atoms with Crippen LogP contribution in [0.5, 0.6) is 5.75 Å². The quantitative estimate of drug-likeness (QED) is 0.716. The molecule has 0 saturated carbocycles. The molecule has 2 N–H and O–H groups in total. The number of anilines is 1. The highest BCUT2D eigenvalue weighted by molar-refractivity contribution is 9.11. The predicted molar refractivity (Wildman–Crippen MR) is 113 cm³/mol. The Hall–Kier alpha value is -2.56. The first-order valence-corrected chi connectivity index (χ1v) is 10.5. The van der Waals surface area contributed by atoms with E-state index in [4.69, 9.17) is 10.5 Å². The number of thiophene rings is 1. The van der Waals surface area contributed by atoms with Crippen molar-refractivity contribution in [2.75, 3.05) is 12.0 Å². The molecule has 5 nitrogen and oxygen atoms in total. The molecule has 0 unspecified atom stereocenters. The number of halogens is 1. The van der Waals surface area contributed by atoms with Crippen LogP contribution in [0.2, 0.25) is 0 Å². The van der Waals surface area contributed by atoms with Crippen LogP contribution in [0.4, 0.5) is 5.69 Å². The number of allylic oxidation sites excluding steroid dienone is 3. The Balaban J connectivity index is 1.92. The molecule has 0 bridgehead atoms. The zero-order valence-corrected chi connectivity index (χ0v) is 17.6. The summed E-state index contributed by atoms with van der Waals surface area (Å²) in [4.78, 5) is 15.8. The molecular weight excluding hydrogens is 438 g/mol. The van der Waals surface area contributed by atoms with Gasteiger partial charge in [0.15, 0.2) is 5.78 Å². The summed E-state index contributed by atoms with van der Waals surface area (Å²) in [5.41, 5.74) is 9.35. The lowest BCUT2D eigenvalue weighted by Gasteiger charge is -2.39. The third-order valence-electron chi connectivity index (χ3n) is 5.12. The number of ketones is 1. The lowest BCUT2D eigenvalue weighted by molar-refractivity contribution is -0.116. The molecule has 1 aliphatic heterocycles. The molecule has 4 rings (SSSR count). The number of hydrogen-bond acceptors (Lipinski definition) is 6. The van der Waals surface area contributed by atoms with Crippen molar-refractivity contribution < 1.29 is 9.53 Å². The first-order valence-electron chi connectivity index (χ1n) is 8.90. The third kappa shape index (κ3) is 3.03. The van der Waals surface area contributed by atoms with E-state index in [1.807, 2.05) is 41.3 Å². The molecule has 0 radical (unpaired) electrons. The van der Waals surface area contributed by atoms with E-state index < -0.39 is 5.92 Å². The Morgan fingerprint density at radius 2 is 2.00 bits per heavy atom. The molecule has 0 fully saturated rings. The van der Waals surface area contributed by atoms with Gasteiger partial charge in [-0.05, 0) is 65.2 Å². The number of methoxy groups -OCH3 is 1. The molecule has 1 aliphatic carbocycles. The van der Waals surface area contributed by atoms with Crippen LogP contribution in [-0.4, -0.2) is 12.9 Å². The van der Waals surface area contributed by atoms with Crippen molar-refractivity contribution >= 4 is 38.7 Å². The number of nitriles is 1. The van der Waals surface area contributed by atoms with Crippen LogP contribution in [0.15, 0.2) is 62.8 Å². The van der Waals surface area contributed by atoms with Gasteiger partial charge in [0.05, 0.1) is 28.5 Å². The Morgan fingerprint density at radius 1 is 1.25 bits per heavy atom. The first kappa shape index (κ1) is 18.8. The molecule has 0 saturated heterocycles. The monoisotopic (exact) mass is 455 g/mol. The van der Waals surface area contributed by atoms with Gasteiger partial charge in [-0.1, -0.05) is 0 Å². The maximum Gasteiger partial charge on any atom is 0.161 e. The molecule has 1 aromatic heterocycles. The van der Waals surface area contributed by atoms with Crippen molar-refractivity contribution in [2.24, 2.45) is 5.73 Å². The van der Waals surface area contributed by atoms with Crippen molar-refractivity contribution in [2.45, 2.75) is 25.2 Å². The fraction of sp³-hybridized carbons (Fsp3) is 0.238. The summed E-state index contributed by atoms with van der Waals surface area (Å²) in [5.74, 6) is 0.808. The van der Waals surface area contributed by atoms with Gasteiger partial charge >= 0.3 is 0 Å². The fourth-order valence-electron chi connectivity index (χ4n) is 3.88. The summed E-state index contributed by atoms with van der Waals surface area (Å²) in [6.07, 6.45) is 2.02. The minimum absolute atomic E-state index is 0.0922. The topological polar surface area (TPSA) is 79.3 Å². The summed E-state index contributed by atoms with van der Waals surface area (Å²) in [7, 11) is 1.61.